The molecule has 0 N–H and O–H groups in total. The van der Waals surface area contributed by atoms with Crippen molar-refractivity contribution in [1.82, 2.24) is 9.55 Å². The molecular weight excluding hydrogens is 629 g/mol. The molecule has 52 heavy (non-hydrogen) atoms. The first-order chi connectivity index (χ1) is 25.4. The predicted molar refractivity (Wildman–Crippen MR) is 223 cm³/mol. The van der Waals surface area contributed by atoms with Gasteiger partial charge in [0.25, 0.3) is 0 Å². The summed E-state index contributed by atoms with van der Waals surface area (Å²) >= 11 is 0. The van der Waals surface area contributed by atoms with Gasteiger partial charge in [-0.1, -0.05) is 131 Å². The van der Waals surface area contributed by atoms with Crippen LogP contribution in [0.4, 0.5) is 0 Å². The number of allylic oxidation sites excluding steroid dienone is 8. The Morgan fingerprint density at radius 3 is 2.25 bits per heavy atom. The molecule has 0 amide bonds. The van der Waals surface area contributed by atoms with Crippen LogP contribution in [0.15, 0.2) is 103 Å². The summed E-state index contributed by atoms with van der Waals surface area (Å²) in [5.74, 6) is 7.30. The van der Waals surface area contributed by atoms with Crippen molar-refractivity contribution < 1.29 is 0 Å². The molecular formula is C50H46N2. The van der Waals surface area contributed by atoms with Crippen molar-refractivity contribution in [2.75, 3.05) is 0 Å². The fraction of sp³-hybridized carbons (Fsp3) is 0.260. The molecule has 1 unspecified atom stereocenters. The van der Waals surface area contributed by atoms with E-state index in [9.17, 15) is 0 Å². The molecule has 3 aliphatic carbocycles. The summed E-state index contributed by atoms with van der Waals surface area (Å²) in [6.45, 7) is 9.22. The van der Waals surface area contributed by atoms with Crippen LogP contribution in [0, 0.1) is 11.8 Å². The van der Waals surface area contributed by atoms with Gasteiger partial charge in [-0.05, 0) is 118 Å². The zero-order chi connectivity index (χ0) is 35.4. The van der Waals surface area contributed by atoms with Gasteiger partial charge < -0.3 is 4.57 Å². The lowest BCUT2D eigenvalue weighted by atomic mass is 9.80. The SMILES string of the molecule is CC/C(=C\C=C/Cc1cc(C2C#CC(c3ccccn3)=CC2)c2ccc3cc(C(C)(C)C)cc4ccc1c2c43)n1c2c(c3c1CCC=C3)C=CCC2. The highest BCUT2D eigenvalue weighted by Gasteiger charge is 2.24. The Bertz CT molecular complexity index is 2520. The molecule has 0 saturated heterocycles. The lowest BCUT2D eigenvalue weighted by molar-refractivity contribution is 0.591. The van der Waals surface area contributed by atoms with Crippen molar-refractivity contribution in [2.45, 2.75) is 84.0 Å². The third kappa shape index (κ3) is 5.55. The second-order valence-electron chi connectivity index (χ2n) is 15.7. The lowest BCUT2D eigenvalue weighted by Crippen LogP contribution is -2.11. The van der Waals surface area contributed by atoms with E-state index in [1.54, 1.807) is 0 Å². The minimum absolute atomic E-state index is 0.0818. The van der Waals surface area contributed by atoms with Gasteiger partial charge in [-0.15, -0.1) is 0 Å². The summed E-state index contributed by atoms with van der Waals surface area (Å²) in [4.78, 5) is 4.57. The second kappa shape index (κ2) is 13.0. The van der Waals surface area contributed by atoms with Crippen LogP contribution in [-0.2, 0) is 24.7 Å². The maximum absolute atomic E-state index is 4.57. The largest absolute Gasteiger partial charge is 0.320 e. The van der Waals surface area contributed by atoms with Crippen LogP contribution < -0.4 is 0 Å². The van der Waals surface area contributed by atoms with E-state index in [0.717, 1.165) is 56.2 Å². The number of rotatable bonds is 7. The summed E-state index contributed by atoms with van der Waals surface area (Å²) in [5, 5.41) is 8.09. The van der Waals surface area contributed by atoms with Gasteiger partial charge in [-0.25, -0.2) is 0 Å². The molecule has 9 rings (SSSR count). The molecule has 6 aromatic rings. The van der Waals surface area contributed by atoms with Crippen molar-refractivity contribution in [3.8, 4) is 11.8 Å². The topological polar surface area (TPSA) is 17.8 Å². The molecule has 4 aromatic carbocycles. The van der Waals surface area contributed by atoms with Crippen LogP contribution in [0.3, 0.4) is 0 Å². The molecule has 0 aliphatic heterocycles. The Balaban J connectivity index is 1.14. The lowest BCUT2D eigenvalue weighted by Gasteiger charge is -2.23. The van der Waals surface area contributed by atoms with Gasteiger partial charge in [-0.3, -0.25) is 4.98 Å². The first-order valence-electron chi connectivity index (χ1n) is 19.2. The molecule has 2 heterocycles. The van der Waals surface area contributed by atoms with Crippen molar-refractivity contribution in [3.05, 3.63) is 148 Å². The number of fused-ring (bicyclic) bond motifs is 3. The van der Waals surface area contributed by atoms with Gasteiger partial charge in [0.1, 0.15) is 0 Å². The minimum Gasteiger partial charge on any atom is -0.320 e. The molecule has 0 bridgehead atoms. The third-order valence-corrected chi connectivity index (χ3v) is 11.5. The Morgan fingerprint density at radius 2 is 1.62 bits per heavy atom. The summed E-state index contributed by atoms with van der Waals surface area (Å²) < 4.78 is 2.61. The van der Waals surface area contributed by atoms with Gasteiger partial charge in [0, 0.05) is 45.9 Å². The van der Waals surface area contributed by atoms with E-state index in [2.05, 4.69) is 146 Å². The molecule has 0 spiro atoms. The quantitative estimate of drug-likeness (QED) is 0.0936. The summed E-state index contributed by atoms with van der Waals surface area (Å²) in [6.07, 6.45) is 27.8. The number of hydrogen-bond acceptors (Lipinski definition) is 1. The van der Waals surface area contributed by atoms with Crippen LogP contribution in [0.1, 0.15) is 104 Å². The van der Waals surface area contributed by atoms with E-state index in [-0.39, 0.29) is 11.3 Å². The summed E-state index contributed by atoms with van der Waals surface area (Å²) in [7, 11) is 0. The van der Waals surface area contributed by atoms with Crippen LogP contribution in [0.25, 0.3) is 55.7 Å². The Hall–Kier alpha value is -5.39. The number of aromatic nitrogens is 2. The fourth-order valence-electron chi connectivity index (χ4n) is 8.81. The van der Waals surface area contributed by atoms with Crippen LogP contribution in [0.5, 0.6) is 0 Å². The monoisotopic (exact) mass is 674 g/mol. The number of benzene rings is 4. The van der Waals surface area contributed by atoms with Gasteiger partial charge in [-0.2, -0.15) is 0 Å². The maximum Gasteiger partial charge on any atom is 0.0782 e. The molecule has 2 nitrogen and oxygen atoms in total. The smallest absolute Gasteiger partial charge is 0.0782 e. The average molecular weight is 675 g/mol. The Labute approximate surface area is 308 Å². The summed E-state index contributed by atoms with van der Waals surface area (Å²) in [5.41, 5.74) is 13.4. The average Bonchev–Trinajstić information content (AvgIpc) is 3.51. The van der Waals surface area contributed by atoms with Crippen LogP contribution >= 0.6 is 0 Å². The number of pyridine rings is 1. The van der Waals surface area contributed by atoms with Gasteiger partial charge in [0.2, 0.25) is 0 Å². The maximum atomic E-state index is 4.57. The zero-order valence-corrected chi connectivity index (χ0v) is 30.9. The molecule has 1 atom stereocenters. The van der Waals surface area contributed by atoms with E-state index < -0.39 is 0 Å². The standard InChI is InChI=1S/C50H46N2/c1-5-39(52-46-19-10-8-16-41(46)42-17-9-11-20-47(42)52)15-7-6-14-35-32-44(33-21-23-34(24-22-33)45-18-12-13-29-51-45)43-28-26-37-31-38(50(2,3)4)30-36-25-27-40(35)49(43)48(36)37/h6-9,12-13,15-18,23,25-33H,5,10-11,14,19-21H2,1-4H3/b7-6-,39-15+. The van der Waals surface area contributed by atoms with Crippen LogP contribution in [0.2, 0.25) is 0 Å². The fourth-order valence-corrected chi connectivity index (χ4v) is 8.81. The molecule has 256 valence electrons. The van der Waals surface area contributed by atoms with E-state index in [1.807, 2.05) is 18.3 Å². The number of nitrogens with zero attached hydrogens (tertiary/aromatic N) is 2. The summed E-state index contributed by atoms with van der Waals surface area (Å²) in [6, 6.07) is 22.8. The van der Waals surface area contributed by atoms with E-state index in [4.69, 9.17) is 0 Å². The highest BCUT2D eigenvalue weighted by atomic mass is 15.0. The normalized spacial score (nSPS) is 17.2. The van der Waals surface area contributed by atoms with E-state index in [1.165, 1.54) is 77.2 Å². The third-order valence-electron chi connectivity index (χ3n) is 11.5. The molecule has 0 saturated carbocycles. The van der Waals surface area contributed by atoms with Crippen molar-refractivity contribution in [2.24, 2.45) is 0 Å². The van der Waals surface area contributed by atoms with Gasteiger partial charge >= 0.3 is 0 Å². The molecule has 2 heteroatoms. The van der Waals surface area contributed by atoms with Crippen molar-refractivity contribution in [3.63, 3.8) is 0 Å². The van der Waals surface area contributed by atoms with E-state index >= 15 is 0 Å². The Kier molecular flexibility index (Phi) is 8.12. The highest BCUT2D eigenvalue weighted by Crippen LogP contribution is 2.43. The van der Waals surface area contributed by atoms with Gasteiger partial charge in [0.05, 0.1) is 5.69 Å². The first-order valence-corrected chi connectivity index (χ1v) is 19.2. The molecule has 0 fully saturated rings. The van der Waals surface area contributed by atoms with E-state index in [0.29, 0.717) is 0 Å². The predicted octanol–water partition coefficient (Wildman–Crippen LogP) is 12.6. The second-order valence-corrected chi connectivity index (χ2v) is 15.7. The van der Waals surface area contributed by atoms with Crippen molar-refractivity contribution >= 4 is 55.7 Å². The highest BCUT2D eigenvalue weighted by molar-refractivity contribution is 6.24. The number of hydrogen-bond donors (Lipinski definition) is 0. The minimum atomic E-state index is 0.0818. The van der Waals surface area contributed by atoms with Crippen LogP contribution in [-0.4, -0.2) is 9.55 Å². The molecule has 3 aliphatic rings. The zero-order valence-electron chi connectivity index (χ0n) is 30.9. The van der Waals surface area contributed by atoms with Gasteiger partial charge in [0.15, 0.2) is 0 Å². The molecule has 2 aromatic heterocycles. The van der Waals surface area contributed by atoms with Crippen molar-refractivity contribution in [1.29, 1.82) is 0 Å². The Morgan fingerprint density at radius 1 is 0.885 bits per heavy atom. The first kappa shape index (κ1) is 32.5. The molecule has 0 radical (unpaired) electrons.